The van der Waals surface area contributed by atoms with Gasteiger partial charge in [-0.1, -0.05) is 74.5 Å². The molecule has 3 amide bonds. The molecule has 5 heteroatoms. The summed E-state index contributed by atoms with van der Waals surface area (Å²) in [5.74, 6) is 0.423. The first-order valence-electron chi connectivity index (χ1n) is 10.8. The second-order valence-corrected chi connectivity index (χ2v) is 8.43. The van der Waals surface area contributed by atoms with Crippen LogP contribution in [0.1, 0.15) is 42.5 Å². The van der Waals surface area contributed by atoms with Crippen LogP contribution in [0.5, 0.6) is 0 Å². The number of urea groups is 1. The fraction of sp³-hybridized carbons (Fsp3) is 0.308. The molecule has 2 heterocycles. The summed E-state index contributed by atoms with van der Waals surface area (Å²) in [6.07, 6.45) is 2.47. The largest absolute Gasteiger partial charge is 0.333 e. The topological polar surface area (TPSA) is 52.7 Å². The van der Waals surface area contributed by atoms with Crippen LogP contribution in [-0.4, -0.2) is 41.4 Å². The van der Waals surface area contributed by atoms with Crippen molar-refractivity contribution in [2.24, 2.45) is 0 Å². The molecule has 1 N–H and O–H groups in total. The van der Waals surface area contributed by atoms with Gasteiger partial charge in [-0.2, -0.15) is 0 Å². The van der Waals surface area contributed by atoms with E-state index < -0.39 is 6.04 Å². The minimum atomic E-state index is -0.431. The maximum absolute atomic E-state index is 13.4. The number of hydrogen-bond acceptors (Lipinski definition) is 2. The molecule has 2 aromatic rings. The van der Waals surface area contributed by atoms with Gasteiger partial charge in [-0.25, -0.2) is 4.79 Å². The van der Waals surface area contributed by atoms with Crippen molar-refractivity contribution in [1.29, 1.82) is 0 Å². The molecule has 0 radical (unpaired) electrons. The zero-order valence-electron chi connectivity index (χ0n) is 18.2. The Balaban J connectivity index is 1.62. The summed E-state index contributed by atoms with van der Waals surface area (Å²) in [5, 5.41) is 3.05. The lowest BCUT2D eigenvalue weighted by molar-refractivity contribution is -0.125. The number of hydrogen-bond donors (Lipinski definition) is 1. The van der Waals surface area contributed by atoms with Gasteiger partial charge in [-0.3, -0.25) is 9.69 Å². The molecule has 0 aromatic heterocycles. The van der Waals surface area contributed by atoms with E-state index in [1.807, 2.05) is 35.2 Å². The third-order valence-corrected chi connectivity index (χ3v) is 6.06. The van der Waals surface area contributed by atoms with Crippen molar-refractivity contribution in [3.63, 3.8) is 0 Å². The van der Waals surface area contributed by atoms with E-state index in [1.54, 1.807) is 11.0 Å². The number of benzene rings is 2. The number of nitrogens with one attached hydrogen (secondary N) is 1. The summed E-state index contributed by atoms with van der Waals surface area (Å²) in [5.41, 5.74) is 4.82. The molecule has 160 valence electrons. The van der Waals surface area contributed by atoms with Crippen LogP contribution in [0.25, 0.3) is 0 Å². The average Bonchev–Trinajstić information content (AvgIpc) is 3.11. The Bertz CT molecular complexity index is 1010. The van der Waals surface area contributed by atoms with Gasteiger partial charge in [0.25, 0.3) is 5.91 Å². The van der Waals surface area contributed by atoms with Crippen molar-refractivity contribution in [3.8, 4) is 0 Å². The van der Waals surface area contributed by atoms with E-state index in [1.165, 1.54) is 11.1 Å². The first-order valence-corrected chi connectivity index (χ1v) is 10.8. The number of nitrogens with zero attached hydrogens (tertiary/aromatic N) is 2. The fourth-order valence-electron chi connectivity index (χ4n) is 4.28. The monoisotopic (exact) mass is 415 g/mol. The van der Waals surface area contributed by atoms with E-state index in [2.05, 4.69) is 50.0 Å². The van der Waals surface area contributed by atoms with Crippen molar-refractivity contribution < 1.29 is 9.59 Å². The van der Waals surface area contributed by atoms with Gasteiger partial charge in [0, 0.05) is 13.1 Å². The summed E-state index contributed by atoms with van der Waals surface area (Å²) >= 11 is 0. The van der Waals surface area contributed by atoms with Gasteiger partial charge in [0.15, 0.2) is 0 Å². The first kappa shape index (κ1) is 20.9. The number of amides is 3. The predicted octanol–water partition coefficient (Wildman–Crippen LogP) is 4.40. The molecule has 5 nitrogen and oxygen atoms in total. The molecule has 1 unspecified atom stereocenters. The highest BCUT2D eigenvalue weighted by Crippen LogP contribution is 2.36. The minimum absolute atomic E-state index is 0.00192. The highest BCUT2D eigenvalue weighted by atomic mass is 16.2. The van der Waals surface area contributed by atoms with Crippen molar-refractivity contribution in [1.82, 2.24) is 15.1 Å². The Morgan fingerprint density at radius 1 is 1.10 bits per heavy atom. The number of carbonyl (C=O) groups is 2. The van der Waals surface area contributed by atoms with Gasteiger partial charge in [0.2, 0.25) is 0 Å². The number of carbonyl (C=O) groups excluding carboxylic acids is 2. The average molecular weight is 416 g/mol. The van der Waals surface area contributed by atoms with Crippen LogP contribution >= 0.6 is 0 Å². The second-order valence-electron chi connectivity index (χ2n) is 8.43. The molecule has 0 spiro atoms. The number of rotatable bonds is 7. The zero-order valence-corrected chi connectivity index (χ0v) is 18.2. The molecule has 0 saturated carbocycles. The van der Waals surface area contributed by atoms with Crippen molar-refractivity contribution in [3.05, 3.63) is 95.2 Å². The van der Waals surface area contributed by atoms with Gasteiger partial charge >= 0.3 is 6.03 Å². The predicted molar refractivity (Wildman–Crippen MR) is 122 cm³/mol. The van der Waals surface area contributed by atoms with Crippen LogP contribution in [0.15, 0.2) is 78.5 Å². The van der Waals surface area contributed by atoms with Gasteiger partial charge in [0.05, 0.1) is 23.9 Å². The Morgan fingerprint density at radius 2 is 1.81 bits per heavy atom. The van der Waals surface area contributed by atoms with Crippen LogP contribution in [0.4, 0.5) is 4.79 Å². The van der Waals surface area contributed by atoms with Crippen LogP contribution in [-0.2, 0) is 11.2 Å². The van der Waals surface area contributed by atoms with E-state index in [0.717, 1.165) is 17.7 Å². The molecule has 31 heavy (non-hydrogen) atoms. The summed E-state index contributed by atoms with van der Waals surface area (Å²) in [6.45, 7) is 9.52. The highest BCUT2D eigenvalue weighted by Gasteiger charge is 2.43. The standard InChI is InChI=1S/C26H29N3O2/c1-4-15-29-22-17-28(16-14-19-8-6-5-7-9-19)25(30)23(22)24(27-26(29)31)21-12-10-20(11-13-21)18(2)3/h4-13,18,24H,1,14-17H2,2-3H3,(H,27,31). The summed E-state index contributed by atoms with van der Waals surface area (Å²) in [7, 11) is 0. The molecule has 0 aliphatic carbocycles. The minimum Gasteiger partial charge on any atom is -0.333 e. The molecule has 1 atom stereocenters. The lowest BCUT2D eigenvalue weighted by Gasteiger charge is -2.33. The lowest BCUT2D eigenvalue weighted by Crippen LogP contribution is -2.47. The molecule has 4 rings (SSSR count). The lowest BCUT2D eigenvalue weighted by atomic mass is 9.93. The Labute approximate surface area is 184 Å². The van der Waals surface area contributed by atoms with Crippen molar-refractivity contribution in [2.75, 3.05) is 19.6 Å². The van der Waals surface area contributed by atoms with E-state index in [9.17, 15) is 9.59 Å². The fourth-order valence-corrected chi connectivity index (χ4v) is 4.28. The van der Waals surface area contributed by atoms with Crippen LogP contribution < -0.4 is 5.32 Å². The van der Waals surface area contributed by atoms with E-state index in [4.69, 9.17) is 0 Å². The molecule has 2 aliphatic heterocycles. The molecular weight excluding hydrogens is 386 g/mol. The zero-order chi connectivity index (χ0) is 22.0. The molecule has 2 aliphatic rings. The second kappa shape index (κ2) is 8.80. The van der Waals surface area contributed by atoms with E-state index in [-0.39, 0.29) is 11.9 Å². The molecule has 0 saturated heterocycles. The maximum Gasteiger partial charge on any atom is 0.322 e. The Hall–Kier alpha value is -3.34. The maximum atomic E-state index is 13.4. The molecule has 0 bridgehead atoms. The third-order valence-electron chi connectivity index (χ3n) is 6.06. The summed E-state index contributed by atoms with van der Waals surface area (Å²) in [4.78, 5) is 29.8. The van der Waals surface area contributed by atoms with Crippen LogP contribution in [0.3, 0.4) is 0 Å². The van der Waals surface area contributed by atoms with Gasteiger partial charge in [-0.05, 0) is 29.0 Å². The van der Waals surface area contributed by atoms with Crippen LogP contribution in [0.2, 0.25) is 0 Å². The van der Waals surface area contributed by atoms with Gasteiger partial charge < -0.3 is 10.2 Å². The molecular formula is C26H29N3O2. The normalized spacial score (nSPS) is 18.5. The Kier molecular flexibility index (Phi) is 5.94. The summed E-state index contributed by atoms with van der Waals surface area (Å²) in [6, 6.07) is 17.7. The quantitative estimate of drug-likeness (QED) is 0.682. The molecule has 2 aromatic carbocycles. The Morgan fingerprint density at radius 3 is 2.45 bits per heavy atom. The first-order chi connectivity index (χ1) is 15.0. The highest BCUT2D eigenvalue weighted by molar-refractivity contribution is 6.01. The van der Waals surface area contributed by atoms with Crippen molar-refractivity contribution in [2.45, 2.75) is 32.2 Å². The van der Waals surface area contributed by atoms with Crippen molar-refractivity contribution >= 4 is 11.9 Å². The molecule has 0 fully saturated rings. The SMILES string of the molecule is C=CCN1C(=O)NC(c2ccc(C(C)C)cc2)C2=C1CN(CCc1ccccc1)C2=O. The van der Waals surface area contributed by atoms with Crippen LogP contribution in [0, 0.1) is 0 Å². The van der Waals surface area contributed by atoms with E-state index in [0.29, 0.717) is 31.1 Å². The van der Waals surface area contributed by atoms with Gasteiger partial charge in [-0.15, -0.1) is 6.58 Å². The summed E-state index contributed by atoms with van der Waals surface area (Å²) < 4.78 is 0. The smallest absolute Gasteiger partial charge is 0.322 e. The van der Waals surface area contributed by atoms with Gasteiger partial charge in [0.1, 0.15) is 0 Å². The van der Waals surface area contributed by atoms with E-state index >= 15 is 0 Å². The third kappa shape index (κ3) is 4.13.